The van der Waals surface area contributed by atoms with Crippen molar-refractivity contribution in [2.75, 3.05) is 33.3 Å². The summed E-state index contributed by atoms with van der Waals surface area (Å²) in [5.74, 6) is -2.03. The second-order valence-corrected chi connectivity index (χ2v) is 10.3. The maximum atomic E-state index is 13.9. The zero-order valence-corrected chi connectivity index (χ0v) is 20.7. The lowest BCUT2D eigenvalue weighted by molar-refractivity contribution is -0.149. The smallest absolute Gasteiger partial charge is 0.248 e. The molecule has 3 aliphatic rings. The lowest BCUT2D eigenvalue weighted by Gasteiger charge is -2.38. The summed E-state index contributed by atoms with van der Waals surface area (Å²) >= 11 is 3.66. The van der Waals surface area contributed by atoms with Crippen molar-refractivity contribution in [1.82, 2.24) is 14.7 Å². The van der Waals surface area contributed by atoms with Gasteiger partial charge in [0.05, 0.1) is 17.9 Å². The number of carbonyl (C=O) groups excluding carboxylic acids is 3. The fourth-order valence-electron chi connectivity index (χ4n) is 5.56. The predicted octanol–water partition coefficient (Wildman–Crippen LogP) is 1.18. The third-order valence-corrected chi connectivity index (χ3v) is 7.72. The third kappa shape index (κ3) is 3.82. The van der Waals surface area contributed by atoms with Crippen LogP contribution in [0, 0.1) is 11.8 Å². The van der Waals surface area contributed by atoms with Crippen molar-refractivity contribution in [3.05, 3.63) is 25.3 Å². The maximum Gasteiger partial charge on any atom is 0.248 e. The summed E-state index contributed by atoms with van der Waals surface area (Å²) in [5, 5.41) is 9.41. The zero-order chi connectivity index (χ0) is 23.8. The van der Waals surface area contributed by atoms with Crippen molar-refractivity contribution in [2.24, 2.45) is 11.8 Å². The molecule has 3 aliphatic heterocycles. The Morgan fingerprint density at radius 3 is 2.53 bits per heavy atom. The van der Waals surface area contributed by atoms with E-state index in [4.69, 9.17) is 4.74 Å². The van der Waals surface area contributed by atoms with Crippen LogP contribution in [0.4, 0.5) is 0 Å². The third-order valence-electron chi connectivity index (χ3n) is 6.88. The topological polar surface area (TPSA) is 90.4 Å². The minimum absolute atomic E-state index is 0.0970. The Morgan fingerprint density at radius 1 is 1.31 bits per heavy atom. The van der Waals surface area contributed by atoms with Gasteiger partial charge in [0.25, 0.3) is 0 Å². The number of likely N-dealkylation sites (N-methyl/N-ethyl adjacent to an activating group) is 1. The molecule has 178 valence electrons. The number of hydrogen-bond acceptors (Lipinski definition) is 5. The van der Waals surface area contributed by atoms with Gasteiger partial charge >= 0.3 is 0 Å². The number of ether oxygens (including phenoxy) is 1. The first-order valence-corrected chi connectivity index (χ1v) is 12.1. The van der Waals surface area contributed by atoms with E-state index in [1.807, 2.05) is 13.8 Å². The van der Waals surface area contributed by atoms with E-state index in [-0.39, 0.29) is 41.7 Å². The number of nitrogens with zero attached hydrogens (tertiary/aromatic N) is 3. The molecule has 0 aromatic rings. The number of aliphatic hydroxyl groups is 1. The molecule has 3 fully saturated rings. The number of amides is 3. The number of fused-ring (bicyclic) bond motifs is 1. The number of hydrogen-bond donors (Lipinski definition) is 1. The Hall–Kier alpha value is -1.71. The van der Waals surface area contributed by atoms with Crippen molar-refractivity contribution in [2.45, 2.75) is 55.3 Å². The van der Waals surface area contributed by atoms with Crippen LogP contribution in [0.1, 0.15) is 26.7 Å². The van der Waals surface area contributed by atoms with Crippen molar-refractivity contribution in [3.8, 4) is 0 Å². The normalized spacial score (nSPS) is 32.9. The number of aliphatic hydroxyl groups excluding tert-OH is 1. The molecule has 9 heteroatoms. The van der Waals surface area contributed by atoms with E-state index in [9.17, 15) is 19.5 Å². The molecule has 8 nitrogen and oxygen atoms in total. The number of carbonyl (C=O) groups is 3. The summed E-state index contributed by atoms with van der Waals surface area (Å²) in [6.45, 7) is 12.1. The highest BCUT2D eigenvalue weighted by molar-refractivity contribution is 9.09. The van der Waals surface area contributed by atoms with Gasteiger partial charge in [-0.25, -0.2) is 0 Å². The van der Waals surface area contributed by atoms with Gasteiger partial charge in [-0.2, -0.15) is 0 Å². The van der Waals surface area contributed by atoms with E-state index < -0.39 is 29.6 Å². The minimum Gasteiger partial charge on any atom is -0.396 e. The molecule has 6 atom stereocenters. The van der Waals surface area contributed by atoms with Gasteiger partial charge in [0.15, 0.2) is 0 Å². The fourth-order valence-corrected chi connectivity index (χ4v) is 6.50. The van der Waals surface area contributed by atoms with Crippen LogP contribution in [-0.2, 0) is 19.1 Å². The van der Waals surface area contributed by atoms with Crippen LogP contribution in [0.25, 0.3) is 0 Å². The summed E-state index contributed by atoms with van der Waals surface area (Å²) < 4.78 is 6.46. The molecule has 0 aromatic carbocycles. The van der Waals surface area contributed by atoms with E-state index in [1.54, 1.807) is 29.0 Å². The van der Waals surface area contributed by atoms with Gasteiger partial charge in [0, 0.05) is 44.2 Å². The average molecular weight is 512 g/mol. The standard InChI is InChI=1S/C23H34BrN3O5/c1-6-9-25(5)20(29)16-17-21(30)27(11-8-12-28)19(22(31)26(10-7-2)14(3)4)23(17)13-15(24)18(16)32-23/h6-7,14-19,28H,1-2,8-13H2,3-5H3/t15?,16-,17+,18-,19?,23?/m1/s1. The number of alkyl halides is 1. The molecule has 0 aliphatic carbocycles. The lowest BCUT2D eigenvalue weighted by Crippen LogP contribution is -2.58. The first-order valence-electron chi connectivity index (χ1n) is 11.2. The largest absolute Gasteiger partial charge is 0.396 e. The van der Waals surface area contributed by atoms with Crippen molar-refractivity contribution in [1.29, 1.82) is 0 Å². The fraction of sp³-hybridized carbons (Fsp3) is 0.696. The summed E-state index contributed by atoms with van der Waals surface area (Å²) in [5.41, 5.74) is -1.08. The maximum absolute atomic E-state index is 13.9. The second-order valence-electron chi connectivity index (χ2n) is 9.15. The van der Waals surface area contributed by atoms with E-state index in [0.717, 1.165) is 0 Å². The molecule has 3 amide bonds. The van der Waals surface area contributed by atoms with Gasteiger partial charge in [-0.15, -0.1) is 13.2 Å². The van der Waals surface area contributed by atoms with Crippen LogP contribution in [0.5, 0.6) is 0 Å². The molecule has 0 aromatic heterocycles. The van der Waals surface area contributed by atoms with Gasteiger partial charge in [0.1, 0.15) is 11.6 Å². The quantitative estimate of drug-likeness (QED) is 0.351. The summed E-state index contributed by atoms with van der Waals surface area (Å²) in [6, 6.07) is -0.943. The molecule has 3 saturated heterocycles. The Balaban J connectivity index is 2.06. The SMILES string of the molecule is C=CCN(C)C(=O)[C@H]1[C@@H]2OC3(CC2Br)C(C(=O)N(CC=C)C(C)C)N(CCCO)C(=O)[C@H]13. The Bertz CT molecular complexity index is 790. The van der Waals surface area contributed by atoms with Crippen molar-refractivity contribution < 1.29 is 24.2 Å². The number of rotatable bonds is 10. The van der Waals surface area contributed by atoms with E-state index in [0.29, 0.717) is 25.9 Å². The lowest BCUT2D eigenvalue weighted by atomic mass is 9.70. The molecule has 3 rings (SSSR count). The molecule has 3 heterocycles. The van der Waals surface area contributed by atoms with Crippen molar-refractivity contribution >= 4 is 33.7 Å². The van der Waals surface area contributed by atoms with Crippen LogP contribution < -0.4 is 0 Å². The molecule has 1 N–H and O–H groups in total. The Kier molecular flexibility index (Phi) is 7.51. The van der Waals surface area contributed by atoms with Gasteiger partial charge in [-0.3, -0.25) is 14.4 Å². The van der Waals surface area contributed by atoms with Gasteiger partial charge in [0.2, 0.25) is 17.7 Å². The van der Waals surface area contributed by atoms with Gasteiger partial charge < -0.3 is 24.5 Å². The van der Waals surface area contributed by atoms with Crippen LogP contribution in [0.15, 0.2) is 25.3 Å². The summed E-state index contributed by atoms with van der Waals surface area (Å²) in [4.78, 5) is 45.6. The Morgan fingerprint density at radius 2 is 1.97 bits per heavy atom. The predicted molar refractivity (Wildman–Crippen MR) is 124 cm³/mol. The van der Waals surface area contributed by atoms with Crippen LogP contribution in [-0.4, -0.2) is 99.4 Å². The van der Waals surface area contributed by atoms with Crippen LogP contribution in [0.3, 0.4) is 0 Å². The number of halogens is 1. The Labute approximate surface area is 198 Å². The molecule has 2 bridgehead atoms. The van der Waals surface area contributed by atoms with Gasteiger partial charge in [-0.1, -0.05) is 28.1 Å². The number of likely N-dealkylation sites (tertiary alicyclic amines) is 1. The highest BCUT2D eigenvalue weighted by Crippen LogP contribution is 2.60. The summed E-state index contributed by atoms with van der Waals surface area (Å²) in [6.07, 6.45) is 3.64. The van der Waals surface area contributed by atoms with E-state index in [1.165, 1.54) is 4.90 Å². The monoisotopic (exact) mass is 511 g/mol. The first-order chi connectivity index (χ1) is 15.2. The van der Waals surface area contributed by atoms with E-state index >= 15 is 0 Å². The molecule has 1 spiro atoms. The van der Waals surface area contributed by atoms with E-state index in [2.05, 4.69) is 29.1 Å². The average Bonchev–Trinajstić information content (AvgIpc) is 3.33. The van der Waals surface area contributed by atoms with Crippen molar-refractivity contribution in [3.63, 3.8) is 0 Å². The molecular formula is C23H34BrN3O5. The highest BCUT2D eigenvalue weighted by atomic mass is 79.9. The molecule has 3 unspecified atom stereocenters. The van der Waals surface area contributed by atoms with Crippen LogP contribution >= 0.6 is 15.9 Å². The highest BCUT2D eigenvalue weighted by Gasteiger charge is 2.76. The first kappa shape index (κ1) is 24.9. The molecule has 32 heavy (non-hydrogen) atoms. The molecular weight excluding hydrogens is 478 g/mol. The summed E-state index contributed by atoms with van der Waals surface area (Å²) in [7, 11) is 1.68. The molecule has 0 radical (unpaired) electrons. The van der Waals surface area contributed by atoms with Gasteiger partial charge in [-0.05, 0) is 26.7 Å². The second kappa shape index (κ2) is 9.65. The molecule has 0 saturated carbocycles. The zero-order valence-electron chi connectivity index (χ0n) is 19.1. The minimum atomic E-state index is -1.08. The van der Waals surface area contributed by atoms with Crippen LogP contribution in [0.2, 0.25) is 0 Å².